The van der Waals surface area contributed by atoms with Gasteiger partial charge in [0.05, 0.1) is 6.10 Å². The summed E-state index contributed by atoms with van der Waals surface area (Å²) in [5.74, 6) is 0. The number of likely N-dealkylation sites (tertiary alicyclic amines) is 1. The van der Waals surface area contributed by atoms with Crippen molar-refractivity contribution in [2.45, 2.75) is 32.4 Å². The molecule has 0 aromatic heterocycles. The van der Waals surface area contributed by atoms with Crippen LogP contribution in [0.3, 0.4) is 0 Å². The van der Waals surface area contributed by atoms with Crippen LogP contribution < -0.4 is 0 Å². The van der Waals surface area contributed by atoms with Crippen molar-refractivity contribution in [1.29, 1.82) is 0 Å². The summed E-state index contributed by atoms with van der Waals surface area (Å²) >= 11 is 3.52. The van der Waals surface area contributed by atoms with Crippen LogP contribution >= 0.6 is 15.9 Å². The fourth-order valence-electron chi connectivity index (χ4n) is 2.14. The van der Waals surface area contributed by atoms with Crippen LogP contribution in [-0.4, -0.2) is 29.2 Å². The number of aliphatic hydroxyl groups is 1. The molecule has 16 heavy (non-hydrogen) atoms. The smallest absolute Gasteiger partial charge is 0.0564 e. The first kappa shape index (κ1) is 12.1. The van der Waals surface area contributed by atoms with Crippen LogP contribution in [0.25, 0.3) is 0 Å². The third-order valence-electron chi connectivity index (χ3n) is 3.19. The summed E-state index contributed by atoms with van der Waals surface area (Å²) in [5.41, 5.74) is 2.65. The third kappa shape index (κ3) is 3.06. The number of piperidine rings is 1. The molecule has 0 atom stereocenters. The second kappa shape index (κ2) is 5.30. The highest BCUT2D eigenvalue weighted by atomic mass is 79.9. The van der Waals surface area contributed by atoms with Gasteiger partial charge in [-0.3, -0.25) is 4.90 Å². The normalized spacial score (nSPS) is 18.9. The Labute approximate surface area is 105 Å². The lowest BCUT2D eigenvalue weighted by Crippen LogP contribution is -2.35. The first-order valence-corrected chi connectivity index (χ1v) is 6.60. The minimum absolute atomic E-state index is 0.0806. The number of aliphatic hydroxyl groups excluding tert-OH is 1. The fourth-order valence-corrected chi connectivity index (χ4v) is 2.39. The molecule has 3 heteroatoms. The van der Waals surface area contributed by atoms with Crippen molar-refractivity contribution in [3.05, 3.63) is 33.8 Å². The summed E-state index contributed by atoms with van der Waals surface area (Å²) in [4.78, 5) is 2.41. The number of aryl methyl sites for hydroxylation is 1. The van der Waals surface area contributed by atoms with E-state index in [1.165, 1.54) is 15.6 Å². The maximum Gasteiger partial charge on any atom is 0.0564 e. The molecule has 0 unspecified atom stereocenters. The molecule has 0 radical (unpaired) electrons. The van der Waals surface area contributed by atoms with Crippen LogP contribution in [0.4, 0.5) is 0 Å². The Hall–Kier alpha value is -0.380. The minimum atomic E-state index is -0.0806. The quantitative estimate of drug-likeness (QED) is 0.902. The van der Waals surface area contributed by atoms with Crippen molar-refractivity contribution < 1.29 is 5.11 Å². The van der Waals surface area contributed by atoms with Crippen LogP contribution in [0.1, 0.15) is 24.0 Å². The predicted molar refractivity (Wildman–Crippen MR) is 69.4 cm³/mol. The number of nitrogens with zero attached hydrogens (tertiary/aromatic N) is 1. The molecule has 1 aliphatic heterocycles. The van der Waals surface area contributed by atoms with Crippen molar-refractivity contribution in [3.63, 3.8) is 0 Å². The molecule has 0 spiro atoms. The van der Waals surface area contributed by atoms with Gasteiger partial charge in [0.1, 0.15) is 0 Å². The zero-order valence-electron chi connectivity index (χ0n) is 9.62. The van der Waals surface area contributed by atoms with E-state index in [1.54, 1.807) is 0 Å². The molecule has 2 nitrogen and oxygen atoms in total. The van der Waals surface area contributed by atoms with E-state index >= 15 is 0 Å². The Kier molecular flexibility index (Phi) is 4.00. The Bertz CT molecular complexity index is 359. The first-order valence-electron chi connectivity index (χ1n) is 5.80. The van der Waals surface area contributed by atoms with Crippen molar-refractivity contribution in [2.75, 3.05) is 13.1 Å². The lowest BCUT2D eigenvalue weighted by molar-refractivity contribution is 0.0792. The highest BCUT2D eigenvalue weighted by Crippen LogP contribution is 2.19. The van der Waals surface area contributed by atoms with Gasteiger partial charge in [0.25, 0.3) is 0 Å². The largest absolute Gasteiger partial charge is 0.393 e. The molecule has 1 saturated heterocycles. The second-order valence-electron chi connectivity index (χ2n) is 4.59. The van der Waals surface area contributed by atoms with Crippen molar-refractivity contribution >= 4 is 15.9 Å². The molecule has 1 fully saturated rings. The molecule has 0 saturated carbocycles. The van der Waals surface area contributed by atoms with Gasteiger partial charge in [0.15, 0.2) is 0 Å². The van der Waals surface area contributed by atoms with Crippen molar-refractivity contribution in [2.24, 2.45) is 0 Å². The van der Waals surface area contributed by atoms with E-state index in [4.69, 9.17) is 0 Å². The number of halogens is 1. The number of hydrogen-bond acceptors (Lipinski definition) is 2. The van der Waals surface area contributed by atoms with E-state index < -0.39 is 0 Å². The molecule has 1 aromatic rings. The molecule has 0 bridgehead atoms. The summed E-state index contributed by atoms with van der Waals surface area (Å²) in [6, 6.07) is 6.51. The standard InChI is InChI=1S/C13H18BrNO/c1-10-8-11(2-3-13(10)14)9-15-6-4-12(16)5-7-15/h2-3,8,12,16H,4-7,9H2,1H3. The van der Waals surface area contributed by atoms with Gasteiger partial charge in [-0.1, -0.05) is 28.1 Å². The van der Waals surface area contributed by atoms with Gasteiger partial charge in [0, 0.05) is 24.1 Å². The molecule has 88 valence electrons. The fraction of sp³-hybridized carbons (Fsp3) is 0.538. The average Bonchev–Trinajstić information content (AvgIpc) is 2.27. The van der Waals surface area contributed by atoms with Gasteiger partial charge in [-0.2, -0.15) is 0 Å². The summed E-state index contributed by atoms with van der Waals surface area (Å²) in [6.07, 6.45) is 1.74. The SMILES string of the molecule is Cc1cc(CN2CCC(O)CC2)ccc1Br. The van der Waals surface area contributed by atoms with Crippen molar-refractivity contribution in [3.8, 4) is 0 Å². The molecule has 0 amide bonds. The topological polar surface area (TPSA) is 23.5 Å². The zero-order chi connectivity index (χ0) is 11.5. The highest BCUT2D eigenvalue weighted by molar-refractivity contribution is 9.10. The maximum absolute atomic E-state index is 9.44. The molecule has 2 rings (SSSR count). The maximum atomic E-state index is 9.44. The summed E-state index contributed by atoms with van der Waals surface area (Å²) in [5, 5.41) is 9.44. The lowest BCUT2D eigenvalue weighted by atomic mass is 10.1. The monoisotopic (exact) mass is 283 g/mol. The van der Waals surface area contributed by atoms with E-state index in [2.05, 4.69) is 46.0 Å². The van der Waals surface area contributed by atoms with E-state index in [-0.39, 0.29) is 6.10 Å². The predicted octanol–water partition coefficient (Wildman–Crippen LogP) is 2.71. The molecule has 1 N–H and O–H groups in total. The van der Waals surface area contributed by atoms with Gasteiger partial charge < -0.3 is 5.11 Å². The lowest BCUT2D eigenvalue weighted by Gasteiger charge is -2.29. The van der Waals surface area contributed by atoms with E-state index in [0.29, 0.717) is 0 Å². The summed E-state index contributed by atoms with van der Waals surface area (Å²) in [7, 11) is 0. The Balaban J connectivity index is 1.96. The van der Waals surface area contributed by atoms with Crippen molar-refractivity contribution in [1.82, 2.24) is 4.90 Å². The summed E-state index contributed by atoms with van der Waals surface area (Å²) < 4.78 is 1.17. The minimum Gasteiger partial charge on any atom is -0.393 e. The first-order chi connectivity index (χ1) is 7.65. The van der Waals surface area contributed by atoms with Crippen LogP contribution in [0.15, 0.2) is 22.7 Å². The van der Waals surface area contributed by atoms with Gasteiger partial charge in [-0.15, -0.1) is 0 Å². The van der Waals surface area contributed by atoms with Gasteiger partial charge in [0.2, 0.25) is 0 Å². The molecular formula is C13H18BrNO. The van der Waals surface area contributed by atoms with Crippen LogP contribution in [0.5, 0.6) is 0 Å². The van der Waals surface area contributed by atoms with Gasteiger partial charge in [-0.05, 0) is 37.0 Å². The Morgan fingerprint density at radius 1 is 1.38 bits per heavy atom. The second-order valence-corrected chi connectivity index (χ2v) is 5.45. The zero-order valence-corrected chi connectivity index (χ0v) is 11.2. The van der Waals surface area contributed by atoms with Crippen LogP contribution in [-0.2, 0) is 6.54 Å². The van der Waals surface area contributed by atoms with Gasteiger partial charge in [-0.25, -0.2) is 0 Å². The molecule has 1 aliphatic rings. The Morgan fingerprint density at radius 3 is 2.69 bits per heavy atom. The third-order valence-corrected chi connectivity index (χ3v) is 4.08. The van der Waals surface area contributed by atoms with E-state index in [9.17, 15) is 5.11 Å². The highest BCUT2D eigenvalue weighted by Gasteiger charge is 2.16. The van der Waals surface area contributed by atoms with Crippen LogP contribution in [0, 0.1) is 6.92 Å². The number of benzene rings is 1. The van der Waals surface area contributed by atoms with E-state index in [0.717, 1.165) is 32.5 Å². The number of rotatable bonds is 2. The molecule has 0 aliphatic carbocycles. The van der Waals surface area contributed by atoms with E-state index in [1.807, 2.05) is 0 Å². The molecule has 1 heterocycles. The number of hydrogen-bond donors (Lipinski definition) is 1. The molecular weight excluding hydrogens is 266 g/mol. The summed E-state index contributed by atoms with van der Waals surface area (Å²) in [6.45, 7) is 5.14. The van der Waals surface area contributed by atoms with Gasteiger partial charge >= 0.3 is 0 Å². The average molecular weight is 284 g/mol. The van der Waals surface area contributed by atoms with Crippen LogP contribution in [0.2, 0.25) is 0 Å². The Morgan fingerprint density at radius 2 is 2.06 bits per heavy atom. The molecule has 1 aromatic carbocycles.